The van der Waals surface area contributed by atoms with Crippen molar-refractivity contribution >= 4 is 72.4 Å². The molecule has 5 nitrogen and oxygen atoms in total. The summed E-state index contributed by atoms with van der Waals surface area (Å²) in [4.78, 5) is 26.7. The molecule has 1 saturated heterocycles. The first kappa shape index (κ1) is 24.9. The van der Waals surface area contributed by atoms with Crippen LogP contribution in [0.25, 0.3) is 6.08 Å². The Balaban J connectivity index is 1.42. The van der Waals surface area contributed by atoms with E-state index in [9.17, 15) is 9.59 Å². The molecule has 1 heterocycles. The molecule has 0 radical (unpaired) electrons. The van der Waals surface area contributed by atoms with Gasteiger partial charge in [0.05, 0.1) is 20.4 Å². The van der Waals surface area contributed by atoms with E-state index in [2.05, 4.69) is 31.9 Å². The molecular weight excluding hydrogens is 606 g/mol. The number of imide groups is 1. The van der Waals surface area contributed by atoms with E-state index < -0.39 is 0 Å². The van der Waals surface area contributed by atoms with Gasteiger partial charge >= 0.3 is 0 Å². The quantitative estimate of drug-likeness (QED) is 0.243. The molecular formula is C25H18Br2ClNO4S. The van der Waals surface area contributed by atoms with Gasteiger partial charge < -0.3 is 9.47 Å². The van der Waals surface area contributed by atoms with E-state index in [0.29, 0.717) is 37.0 Å². The minimum Gasteiger partial charge on any atom is -0.492 e. The number of rotatable bonds is 8. The standard InChI is InChI=1S/C25H18Br2ClNO4S/c26-19-12-16(13-20(27)23(19)33-15-17-6-4-5-9-21(17)28)14-22-24(30)29(25(31)34-22)10-11-32-18-7-2-1-3-8-18/h1-9,12-14H,10-11,15H2/b22-14-. The van der Waals surface area contributed by atoms with Gasteiger partial charge in [-0.2, -0.15) is 0 Å². The molecule has 34 heavy (non-hydrogen) atoms. The second-order valence-corrected chi connectivity index (χ2v) is 10.3. The monoisotopic (exact) mass is 621 g/mol. The number of benzene rings is 3. The maximum atomic E-state index is 12.8. The number of hydrogen-bond acceptors (Lipinski definition) is 5. The average molecular weight is 624 g/mol. The van der Waals surface area contributed by atoms with Crippen molar-refractivity contribution in [3.8, 4) is 11.5 Å². The van der Waals surface area contributed by atoms with Crippen LogP contribution in [0, 0.1) is 0 Å². The van der Waals surface area contributed by atoms with Crippen LogP contribution in [0.3, 0.4) is 0 Å². The maximum Gasteiger partial charge on any atom is 0.293 e. The fraction of sp³-hybridized carbons (Fsp3) is 0.120. The van der Waals surface area contributed by atoms with E-state index in [1.807, 2.05) is 66.7 Å². The lowest BCUT2D eigenvalue weighted by molar-refractivity contribution is -0.123. The highest BCUT2D eigenvalue weighted by Gasteiger charge is 2.34. The number of halogens is 3. The molecule has 0 spiro atoms. The number of carbonyl (C=O) groups excluding carboxylic acids is 2. The van der Waals surface area contributed by atoms with Gasteiger partial charge in [0.2, 0.25) is 0 Å². The van der Waals surface area contributed by atoms with Crippen LogP contribution < -0.4 is 9.47 Å². The Morgan fingerprint density at radius 2 is 1.62 bits per heavy atom. The summed E-state index contributed by atoms with van der Waals surface area (Å²) in [5.41, 5.74) is 1.62. The van der Waals surface area contributed by atoms with Gasteiger partial charge in [-0.05, 0) is 85.6 Å². The van der Waals surface area contributed by atoms with Crippen LogP contribution in [-0.4, -0.2) is 29.2 Å². The van der Waals surface area contributed by atoms with E-state index in [-0.39, 0.29) is 24.3 Å². The molecule has 1 fully saturated rings. The van der Waals surface area contributed by atoms with Crippen LogP contribution in [0.4, 0.5) is 4.79 Å². The topological polar surface area (TPSA) is 55.8 Å². The molecule has 9 heteroatoms. The predicted molar refractivity (Wildman–Crippen MR) is 142 cm³/mol. The second-order valence-electron chi connectivity index (χ2n) is 7.19. The highest BCUT2D eigenvalue weighted by molar-refractivity contribution is 9.11. The Morgan fingerprint density at radius 1 is 0.941 bits per heavy atom. The number of thioether (sulfide) groups is 1. The normalized spacial score (nSPS) is 14.7. The van der Waals surface area contributed by atoms with Crippen LogP contribution in [0.2, 0.25) is 5.02 Å². The predicted octanol–water partition coefficient (Wildman–Crippen LogP) is 7.56. The smallest absolute Gasteiger partial charge is 0.293 e. The number of para-hydroxylation sites is 1. The lowest BCUT2D eigenvalue weighted by atomic mass is 10.2. The van der Waals surface area contributed by atoms with E-state index in [1.54, 1.807) is 6.08 Å². The molecule has 0 bridgehead atoms. The summed E-state index contributed by atoms with van der Waals surface area (Å²) in [6.07, 6.45) is 1.69. The van der Waals surface area contributed by atoms with Gasteiger partial charge in [-0.3, -0.25) is 14.5 Å². The van der Waals surface area contributed by atoms with Crippen molar-refractivity contribution in [2.75, 3.05) is 13.2 Å². The van der Waals surface area contributed by atoms with Crippen molar-refractivity contribution in [1.29, 1.82) is 0 Å². The lowest BCUT2D eigenvalue weighted by Crippen LogP contribution is -2.32. The first-order valence-corrected chi connectivity index (χ1v) is 13.0. The highest BCUT2D eigenvalue weighted by atomic mass is 79.9. The summed E-state index contributed by atoms with van der Waals surface area (Å²) in [5.74, 6) is 0.970. The second kappa shape index (κ2) is 11.4. The molecule has 0 saturated carbocycles. The van der Waals surface area contributed by atoms with Crippen LogP contribution in [0.1, 0.15) is 11.1 Å². The van der Waals surface area contributed by atoms with Gasteiger partial charge in [-0.25, -0.2) is 0 Å². The van der Waals surface area contributed by atoms with Crippen molar-refractivity contribution in [2.24, 2.45) is 0 Å². The van der Waals surface area contributed by atoms with Crippen molar-refractivity contribution in [1.82, 2.24) is 4.90 Å². The number of nitrogens with zero attached hydrogens (tertiary/aromatic N) is 1. The minimum atomic E-state index is -0.335. The van der Waals surface area contributed by atoms with E-state index >= 15 is 0 Å². The summed E-state index contributed by atoms with van der Waals surface area (Å²) in [7, 11) is 0. The van der Waals surface area contributed by atoms with Crippen LogP contribution in [-0.2, 0) is 11.4 Å². The summed E-state index contributed by atoms with van der Waals surface area (Å²) < 4.78 is 13.0. The summed E-state index contributed by atoms with van der Waals surface area (Å²) >= 11 is 14.2. The molecule has 1 aliphatic heterocycles. The molecule has 0 aliphatic carbocycles. The van der Waals surface area contributed by atoms with Crippen molar-refractivity contribution in [3.63, 3.8) is 0 Å². The van der Waals surface area contributed by atoms with Gasteiger partial charge in [-0.15, -0.1) is 0 Å². The van der Waals surface area contributed by atoms with Gasteiger partial charge in [0, 0.05) is 10.6 Å². The highest BCUT2D eigenvalue weighted by Crippen LogP contribution is 2.38. The minimum absolute atomic E-state index is 0.180. The van der Waals surface area contributed by atoms with E-state index in [0.717, 1.165) is 22.9 Å². The third kappa shape index (κ3) is 6.05. The number of hydrogen-bond donors (Lipinski definition) is 0. The fourth-order valence-corrected chi connectivity index (χ4v) is 5.69. The van der Waals surface area contributed by atoms with Crippen LogP contribution >= 0.6 is 55.2 Å². The van der Waals surface area contributed by atoms with Crippen molar-refractivity contribution < 1.29 is 19.1 Å². The third-order valence-corrected chi connectivity index (χ3v) is 7.30. The summed E-state index contributed by atoms with van der Waals surface area (Å²) in [6, 6.07) is 20.4. The Morgan fingerprint density at radius 3 is 2.32 bits per heavy atom. The van der Waals surface area contributed by atoms with Gasteiger partial charge in [0.15, 0.2) is 0 Å². The Kier molecular flexibility index (Phi) is 8.37. The molecule has 2 amide bonds. The van der Waals surface area contributed by atoms with Gasteiger partial charge in [-0.1, -0.05) is 48.0 Å². The Labute approximate surface area is 223 Å². The zero-order valence-electron chi connectivity index (χ0n) is 17.7. The van der Waals surface area contributed by atoms with Crippen LogP contribution in [0.5, 0.6) is 11.5 Å². The van der Waals surface area contributed by atoms with E-state index in [4.69, 9.17) is 21.1 Å². The molecule has 174 valence electrons. The zero-order valence-corrected chi connectivity index (χ0v) is 22.4. The fourth-order valence-electron chi connectivity index (χ4n) is 3.18. The van der Waals surface area contributed by atoms with Gasteiger partial charge in [0.25, 0.3) is 11.1 Å². The van der Waals surface area contributed by atoms with Crippen LogP contribution in [0.15, 0.2) is 80.6 Å². The molecule has 0 aromatic heterocycles. The molecule has 3 aromatic carbocycles. The van der Waals surface area contributed by atoms with Gasteiger partial charge in [0.1, 0.15) is 24.7 Å². The summed E-state index contributed by atoms with van der Waals surface area (Å²) in [5, 5.41) is 0.321. The molecule has 4 rings (SSSR count). The zero-order chi connectivity index (χ0) is 24.1. The average Bonchev–Trinajstić information content (AvgIpc) is 3.07. The molecule has 0 atom stereocenters. The first-order valence-electron chi connectivity index (χ1n) is 10.2. The van der Waals surface area contributed by atoms with Crippen molar-refractivity contribution in [2.45, 2.75) is 6.61 Å². The number of ether oxygens (including phenoxy) is 2. The lowest BCUT2D eigenvalue weighted by Gasteiger charge is -2.13. The Hall–Kier alpha value is -2.26. The Bertz CT molecular complexity index is 1230. The summed E-state index contributed by atoms with van der Waals surface area (Å²) in [6.45, 7) is 0.711. The molecule has 1 aliphatic rings. The SMILES string of the molecule is O=C1S/C(=C\c2cc(Br)c(OCc3ccccc3Cl)c(Br)c2)C(=O)N1CCOc1ccccc1. The first-order chi connectivity index (χ1) is 16.4. The maximum absolute atomic E-state index is 12.8. The number of carbonyl (C=O) groups is 2. The third-order valence-electron chi connectivity index (χ3n) is 4.85. The largest absolute Gasteiger partial charge is 0.492 e. The number of amides is 2. The van der Waals surface area contributed by atoms with E-state index in [1.165, 1.54) is 4.90 Å². The molecule has 3 aromatic rings. The van der Waals surface area contributed by atoms with Crippen molar-refractivity contribution in [3.05, 3.63) is 96.7 Å². The molecule has 0 N–H and O–H groups in total. The molecule has 0 unspecified atom stereocenters.